The summed E-state index contributed by atoms with van der Waals surface area (Å²) < 4.78 is 0. The van der Waals surface area contributed by atoms with Crippen molar-refractivity contribution in [1.82, 2.24) is 4.90 Å². The first-order valence-electron chi connectivity index (χ1n) is 6.74. The van der Waals surface area contributed by atoms with E-state index < -0.39 is 0 Å². The predicted octanol–water partition coefficient (Wildman–Crippen LogP) is 2.84. The van der Waals surface area contributed by atoms with E-state index in [2.05, 4.69) is 6.92 Å². The van der Waals surface area contributed by atoms with Crippen LogP contribution in [0.5, 0.6) is 0 Å². The number of aryl methyl sites for hydroxylation is 1. The fourth-order valence-electron chi connectivity index (χ4n) is 2.50. The van der Waals surface area contributed by atoms with Gasteiger partial charge in [-0.1, -0.05) is 19.1 Å². The molecule has 0 spiro atoms. The summed E-state index contributed by atoms with van der Waals surface area (Å²) in [4.78, 5) is 14.4. The Morgan fingerprint density at radius 1 is 1.33 bits per heavy atom. The molecule has 1 aliphatic rings. The molecule has 98 valence electrons. The summed E-state index contributed by atoms with van der Waals surface area (Å²) in [6.07, 6.45) is 3.41. The molecule has 0 saturated carbocycles. The number of amides is 1. The molecule has 2 rings (SSSR count). The second-order valence-electron chi connectivity index (χ2n) is 5.36. The van der Waals surface area contributed by atoms with Gasteiger partial charge >= 0.3 is 0 Å². The minimum Gasteiger partial charge on any atom is -0.398 e. The number of anilines is 1. The van der Waals surface area contributed by atoms with Crippen LogP contribution in [0.2, 0.25) is 0 Å². The molecule has 1 saturated heterocycles. The first kappa shape index (κ1) is 12.9. The molecule has 1 fully saturated rings. The van der Waals surface area contributed by atoms with Crippen molar-refractivity contribution in [1.29, 1.82) is 0 Å². The van der Waals surface area contributed by atoms with Crippen molar-refractivity contribution in [3.63, 3.8) is 0 Å². The maximum absolute atomic E-state index is 12.5. The lowest BCUT2D eigenvalue weighted by Crippen LogP contribution is -2.32. The fraction of sp³-hybridized carbons (Fsp3) is 0.533. The molecule has 1 aromatic rings. The Labute approximate surface area is 109 Å². The topological polar surface area (TPSA) is 46.3 Å². The maximum atomic E-state index is 12.5. The molecule has 1 atom stereocenters. The van der Waals surface area contributed by atoms with Gasteiger partial charge in [0, 0.05) is 18.8 Å². The molecule has 3 heteroatoms. The second kappa shape index (κ2) is 5.42. The molecule has 18 heavy (non-hydrogen) atoms. The highest BCUT2D eigenvalue weighted by Gasteiger charge is 2.21. The highest BCUT2D eigenvalue weighted by Crippen LogP contribution is 2.22. The van der Waals surface area contributed by atoms with Crippen LogP contribution in [0.1, 0.15) is 42.1 Å². The molecule has 0 radical (unpaired) electrons. The van der Waals surface area contributed by atoms with Gasteiger partial charge in [0.1, 0.15) is 0 Å². The number of carbonyl (C=O) groups is 1. The molecular formula is C15H22N2O. The van der Waals surface area contributed by atoms with Crippen molar-refractivity contribution < 1.29 is 4.79 Å². The van der Waals surface area contributed by atoms with E-state index in [0.717, 1.165) is 37.4 Å². The molecule has 1 aliphatic heterocycles. The van der Waals surface area contributed by atoms with Crippen LogP contribution in [0.15, 0.2) is 18.2 Å². The van der Waals surface area contributed by atoms with Crippen molar-refractivity contribution >= 4 is 11.6 Å². The van der Waals surface area contributed by atoms with Crippen LogP contribution >= 0.6 is 0 Å². The van der Waals surface area contributed by atoms with Crippen molar-refractivity contribution in [2.45, 2.75) is 33.1 Å². The summed E-state index contributed by atoms with van der Waals surface area (Å²) in [5.74, 6) is 0.808. The zero-order valence-corrected chi connectivity index (χ0v) is 11.3. The molecule has 0 aromatic heterocycles. The highest BCUT2D eigenvalue weighted by molar-refractivity contribution is 5.99. The molecule has 1 aromatic carbocycles. The van der Waals surface area contributed by atoms with Gasteiger partial charge in [0.05, 0.1) is 5.56 Å². The van der Waals surface area contributed by atoms with Crippen LogP contribution in [0.4, 0.5) is 5.69 Å². The van der Waals surface area contributed by atoms with Gasteiger partial charge in [0.25, 0.3) is 5.91 Å². The Balaban J connectivity index is 2.18. The number of nitrogen functional groups attached to an aromatic ring is 1. The van der Waals surface area contributed by atoms with Crippen LogP contribution in [-0.2, 0) is 0 Å². The van der Waals surface area contributed by atoms with Crippen LogP contribution in [0, 0.1) is 12.8 Å². The number of hydrogen-bond acceptors (Lipinski definition) is 2. The summed E-state index contributed by atoms with van der Waals surface area (Å²) in [5.41, 5.74) is 8.27. The van der Waals surface area contributed by atoms with E-state index in [9.17, 15) is 4.79 Å². The van der Waals surface area contributed by atoms with Gasteiger partial charge in [-0.3, -0.25) is 4.79 Å². The van der Waals surface area contributed by atoms with Crippen molar-refractivity contribution in [2.75, 3.05) is 18.8 Å². The average Bonchev–Trinajstić information content (AvgIpc) is 2.57. The number of benzene rings is 1. The zero-order valence-electron chi connectivity index (χ0n) is 11.3. The average molecular weight is 246 g/mol. The Kier molecular flexibility index (Phi) is 3.90. The van der Waals surface area contributed by atoms with Crippen LogP contribution in [0.25, 0.3) is 0 Å². The van der Waals surface area contributed by atoms with Gasteiger partial charge < -0.3 is 10.6 Å². The van der Waals surface area contributed by atoms with Crippen LogP contribution < -0.4 is 5.73 Å². The number of para-hydroxylation sites is 1. The fourth-order valence-corrected chi connectivity index (χ4v) is 2.50. The molecule has 2 N–H and O–H groups in total. The van der Waals surface area contributed by atoms with Crippen LogP contribution in [0.3, 0.4) is 0 Å². The lowest BCUT2D eigenvalue weighted by molar-refractivity contribution is 0.0761. The highest BCUT2D eigenvalue weighted by atomic mass is 16.2. The van der Waals surface area contributed by atoms with Gasteiger partial charge in [0.15, 0.2) is 0 Å². The molecule has 1 amide bonds. The molecule has 1 heterocycles. The first-order chi connectivity index (χ1) is 8.59. The predicted molar refractivity (Wildman–Crippen MR) is 74.5 cm³/mol. The summed E-state index contributed by atoms with van der Waals surface area (Å²) in [5, 5.41) is 0. The smallest absolute Gasteiger partial charge is 0.255 e. The minimum absolute atomic E-state index is 0.0882. The zero-order chi connectivity index (χ0) is 13.1. The van der Waals surface area contributed by atoms with E-state index in [4.69, 9.17) is 5.73 Å². The third-order valence-corrected chi connectivity index (χ3v) is 3.86. The maximum Gasteiger partial charge on any atom is 0.255 e. The molecule has 1 unspecified atom stereocenters. The van der Waals surface area contributed by atoms with Crippen molar-refractivity contribution in [3.8, 4) is 0 Å². The van der Waals surface area contributed by atoms with Crippen LogP contribution in [-0.4, -0.2) is 23.9 Å². The van der Waals surface area contributed by atoms with E-state index in [-0.39, 0.29) is 5.91 Å². The normalized spacial score (nSPS) is 20.6. The van der Waals surface area contributed by atoms with E-state index in [1.54, 1.807) is 0 Å². The summed E-state index contributed by atoms with van der Waals surface area (Å²) in [6.45, 7) is 5.91. The van der Waals surface area contributed by atoms with E-state index >= 15 is 0 Å². The van der Waals surface area contributed by atoms with Crippen molar-refractivity contribution in [3.05, 3.63) is 29.3 Å². The van der Waals surface area contributed by atoms with Gasteiger partial charge in [-0.05, 0) is 43.7 Å². The minimum atomic E-state index is 0.0882. The molecule has 3 nitrogen and oxygen atoms in total. The Bertz CT molecular complexity index is 442. The van der Waals surface area contributed by atoms with Gasteiger partial charge in [0.2, 0.25) is 0 Å². The van der Waals surface area contributed by atoms with E-state index in [0.29, 0.717) is 11.3 Å². The SMILES string of the molecule is Cc1cccc(C(=O)N2CCCC(C)CC2)c1N. The first-order valence-corrected chi connectivity index (χ1v) is 6.74. The van der Waals surface area contributed by atoms with E-state index in [1.165, 1.54) is 6.42 Å². The number of rotatable bonds is 1. The molecular weight excluding hydrogens is 224 g/mol. The standard InChI is InChI=1S/C15H22N2O/c1-11-5-4-9-17(10-8-11)15(18)13-7-3-6-12(2)14(13)16/h3,6-7,11H,4-5,8-10,16H2,1-2H3. The largest absolute Gasteiger partial charge is 0.398 e. The Morgan fingerprint density at radius 2 is 2.11 bits per heavy atom. The number of nitrogens with two attached hydrogens (primary N) is 1. The summed E-state index contributed by atoms with van der Waals surface area (Å²) in [6, 6.07) is 5.68. The summed E-state index contributed by atoms with van der Waals surface area (Å²) >= 11 is 0. The third-order valence-electron chi connectivity index (χ3n) is 3.86. The lowest BCUT2D eigenvalue weighted by Gasteiger charge is -2.21. The molecule has 0 aliphatic carbocycles. The Morgan fingerprint density at radius 3 is 2.89 bits per heavy atom. The number of hydrogen-bond donors (Lipinski definition) is 1. The molecule has 0 bridgehead atoms. The Hall–Kier alpha value is -1.51. The number of nitrogens with zero attached hydrogens (tertiary/aromatic N) is 1. The monoisotopic (exact) mass is 246 g/mol. The van der Waals surface area contributed by atoms with Gasteiger partial charge in [-0.15, -0.1) is 0 Å². The van der Waals surface area contributed by atoms with Gasteiger partial charge in [-0.25, -0.2) is 0 Å². The van der Waals surface area contributed by atoms with Crippen molar-refractivity contribution in [2.24, 2.45) is 5.92 Å². The number of likely N-dealkylation sites (tertiary alicyclic amines) is 1. The summed E-state index contributed by atoms with van der Waals surface area (Å²) in [7, 11) is 0. The van der Waals surface area contributed by atoms with Gasteiger partial charge in [-0.2, -0.15) is 0 Å². The number of carbonyl (C=O) groups excluding carboxylic acids is 1. The quantitative estimate of drug-likeness (QED) is 0.774. The van der Waals surface area contributed by atoms with E-state index in [1.807, 2.05) is 30.0 Å². The second-order valence-corrected chi connectivity index (χ2v) is 5.36. The lowest BCUT2D eigenvalue weighted by atomic mass is 10.0. The third kappa shape index (κ3) is 2.66.